The Labute approximate surface area is 123 Å². The average molecular weight is 276 g/mol. The Balaban J connectivity index is 1.82. The van der Waals surface area contributed by atoms with Crippen LogP contribution in [0.5, 0.6) is 5.75 Å². The predicted octanol–water partition coefficient (Wildman–Crippen LogP) is 2.77. The largest absolute Gasteiger partial charge is 0.492 e. The van der Waals surface area contributed by atoms with E-state index >= 15 is 0 Å². The number of para-hydroxylation sites is 1. The molecule has 20 heavy (non-hydrogen) atoms. The minimum absolute atomic E-state index is 0.606. The molecule has 0 saturated carbocycles. The van der Waals surface area contributed by atoms with Gasteiger partial charge in [0.15, 0.2) is 0 Å². The summed E-state index contributed by atoms with van der Waals surface area (Å²) in [6, 6.07) is 11.3. The van der Waals surface area contributed by atoms with Crippen LogP contribution >= 0.6 is 0 Å². The first-order chi connectivity index (χ1) is 9.70. The zero-order valence-corrected chi connectivity index (χ0v) is 13.0. The molecule has 3 heteroatoms. The molecule has 1 heterocycles. The van der Waals surface area contributed by atoms with Crippen LogP contribution in [0.25, 0.3) is 0 Å². The summed E-state index contributed by atoms with van der Waals surface area (Å²) in [6.07, 6.45) is 1.20. The molecule has 1 saturated heterocycles. The molecule has 1 fully saturated rings. The number of hydrogen-bond donors (Lipinski definition) is 1. The number of rotatable bonds is 6. The maximum Gasteiger partial charge on any atom is 0.119 e. The van der Waals surface area contributed by atoms with E-state index in [0.717, 1.165) is 32.0 Å². The number of nitrogens with zero attached hydrogens (tertiary/aromatic N) is 1. The standard InChI is InChI=1S/C17H28N2O/c1-4-15-12-18-17(14(2)3)13-19(15)10-11-20-16-8-6-5-7-9-16/h5-9,14-15,17-18H,4,10-13H2,1-3H3. The minimum atomic E-state index is 0.606. The van der Waals surface area contributed by atoms with Gasteiger partial charge in [0.1, 0.15) is 12.4 Å². The smallest absolute Gasteiger partial charge is 0.119 e. The van der Waals surface area contributed by atoms with Crippen LogP contribution in [0.3, 0.4) is 0 Å². The highest BCUT2D eigenvalue weighted by molar-refractivity contribution is 5.20. The second kappa shape index (κ2) is 7.65. The first kappa shape index (κ1) is 15.3. The molecule has 0 aliphatic carbocycles. The SMILES string of the molecule is CCC1CNC(C(C)C)CN1CCOc1ccccc1. The second-order valence-corrected chi connectivity index (χ2v) is 5.98. The zero-order chi connectivity index (χ0) is 14.4. The summed E-state index contributed by atoms with van der Waals surface area (Å²) in [4.78, 5) is 2.59. The Hall–Kier alpha value is -1.06. The topological polar surface area (TPSA) is 24.5 Å². The van der Waals surface area contributed by atoms with Gasteiger partial charge in [-0.3, -0.25) is 4.90 Å². The normalized spacial score (nSPS) is 24.0. The van der Waals surface area contributed by atoms with Gasteiger partial charge in [0.05, 0.1) is 0 Å². The van der Waals surface area contributed by atoms with E-state index in [4.69, 9.17) is 4.74 Å². The number of benzene rings is 1. The molecule has 1 aromatic rings. The van der Waals surface area contributed by atoms with E-state index in [1.54, 1.807) is 0 Å². The molecular formula is C17H28N2O. The number of hydrogen-bond acceptors (Lipinski definition) is 3. The lowest BCUT2D eigenvalue weighted by atomic mass is 9.98. The van der Waals surface area contributed by atoms with Crippen molar-refractivity contribution >= 4 is 0 Å². The average Bonchev–Trinajstić information content (AvgIpc) is 2.48. The lowest BCUT2D eigenvalue weighted by Gasteiger charge is -2.41. The predicted molar refractivity (Wildman–Crippen MR) is 84.2 cm³/mol. The Morgan fingerprint density at radius 3 is 2.70 bits per heavy atom. The van der Waals surface area contributed by atoms with Gasteiger partial charge in [0.2, 0.25) is 0 Å². The van der Waals surface area contributed by atoms with Crippen molar-refractivity contribution in [1.82, 2.24) is 10.2 Å². The Bertz CT molecular complexity index is 380. The van der Waals surface area contributed by atoms with Crippen LogP contribution in [-0.2, 0) is 0 Å². The summed E-state index contributed by atoms with van der Waals surface area (Å²) in [5.74, 6) is 1.65. The molecule has 0 spiro atoms. The molecule has 0 bridgehead atoms. The van der Waals surface area contributed by atoms with Gasteiger partial charge in [-0.15, -0.1) is 0 Å². The molecule has 2 atom stereocenters. The van der Waals surface area contributed by atoms with E-state index in [1.807, 2.05) is 30.3 Å². The number of nitrogens with one attached hydrogen (secondary N) is 1. The van der Waals surface area contributed by atoms with E-state index in [1.165, 1.54) is 6.42 Å². The molecule has 0 radical (unpaired) electrons. The van der Waals surface area contributed by atoms with E-state index in [0.29, 0.717) is 18.0 Å². The van der Waals surface area contributed by atoms with Crippen LogP contribution in [0.15, 0.2) is 30.3 Å². The van der Waals surface area contributed by atoms with Crippen molar-refractivity contribution < 1.29 is 4.74 Å². The van der Waals surface area contributed by atoms with Gasteiger partial charge < -0.3 is 10.1 Å². The third-order valence-electron chi connectivity index (χ3n) is 4.23. The van der Waals surface area contributed by atoms with Crippen LogP contribution < -0.4 is 10.1 Å². The van der Waals surface area contributed by atoms with Gasteiger partial charge in [-0.1, -0.05) is 39.0 Å². The van der Waals surface area contributed by atoms with Crippen molar-refractivity contribution in [3.05, 3.63) is 30.3 Å². The van der Waals surface area contributed by atoms with Crippen molar-refractivity contribution in [2.24, 2.45) is 5.92 Å². The van der Waals surface area contributed by atoms with Gasteiger partial charge in [-0.05, 0) is 24.5 Å². The molecule has 3 nitrogen and oxygen atoms in total. The van der Waals surface area contributed by atoms with E-state index in [2.05, 4.69) is 31.0 Å². The zero-order valence-electron chi connectivity index (χ0n) is 13.0. The fourth-order valence-corrected chi connectivity index (χ4v) is 2.80. The maximum atomic E-state index is 5.84. The molecular weight excluding hydrogens is 248 g/mol. The first-order valence-electron chi connectivity index (χ1n) is 7.86. The van der Waals surface area contributed by atoms with Crippen molar-refractivity contribution in [3.8, 4) is 5.75 Å². The summed E-state index contributed by atoms with van der Waals surface area (Å²) in [5.41, 5.74) is 0. The van der Waals surface area contributed by atoms with Gasteiger partial charge in [-0.2, -0.15) is 0 Å². The monoisotopic (exact) mass is 276 g/mol. The molecule has 1 N–H and O–H groups in total. The Morgan fingerprint density at radius 1 is 1.30 bits per heavy atom. The third-order valence-corrected chi connectivity index (χ3v) is 4.23. The molecule has 2 unspecified atom stereocenters. The highest BCUT2D eigenvalue weighted by Crippen LogP contribution is 2.15. The fraction of sp³-hybridized carbons (Fsp3) is 0.647. The molecule has 2 rings (SSSR count). The number of ether oxygens (including phenoxy) is 1. The van der Waals surface area contributed by atoms with Gasteiger partial charge >= 0.3 is 0 Å². The maximum absolute atomic E-state index is 5.84. The van der Waals surface area contributed by atoms with Crippen LogP contribution in [-0.4, -0.2) is 43.2 Å². The molecule has 1 aliphatic rings. The molecule has 0 amide bonds. The van der Waals surface area contributed by atoms with Gasteiger partial charge in [-0.25, -0.2) is 0 Å². The summed E-state index contributed by atoms with van der Waals surface area (Å²) in [7, 11) is 0. The Morgan fingerprint density at radius 2 is 2.05 bits per heavy atom. The van der Waals surface area contributed by atoms with Crippen LogP contribution in [0.1, 0.15) is 27.2 Å². The summed E-state index contributed by atoms with van der Waals surface area (Å²) in [6.45, 7) is 10.9. The number of piperazine rings is 1. The Kier molecular flexibility index (Phi) is 5.86. The van der Waals surface area contributed by atoms with E-state index in [9.17, 15) is 0 Å². The summed E-state index contributed by atoms with van der Waals surface area (Å²) < 4.78 is 5.84. The molecule has 112 valence electrons. The summed E-state index contributed by atoms with van der Waals surface area (Å²) >= 11 is 0. The minimum Gasteiger partial charge on any atom is -0.492 e. The van der Waals surface area contributed by atoms with E-state index < -0.39 is 0 Å². The van der Waals surface area contributed by atoms with Gasteiger partial charge in [0, 0.05) is 31.7 Å². The highest BCUT2D eigenvalue weighted by Gasteiger charge is 2.27. The second-order valence-electron chi connectivity index (χ2n) is 5.98. The fourth-order valence-electron chi connectivity index (χ4n) is 2.80. The van der Waals surface area contributed by atoms with Crippen molar-refractivity contribution in [2.75, 3.05) is 26.2 Å². The molecule has 0 aromatic heterocycles. The van der Waals surface area contributed by atoms with Crippen molar-refractivity contribution in [1.29, 1.82) is 0 Å². The first-order valence-corrected chi connectivity index (χ1v) is 7.86. The third kappa shape index (κ3) is 4.22. The van der Waals surface area contributed by atoms with Crippen molar-refractivity contribution in [3.63, 3.8) is 0 Å². The molecule has 1 aromatic carbocycles. The van der Waals surface area contributed by atoms with Crippen LogP contribution in [0.4, 0.5) is 0 Å². The quantitative estimate of drug-likeness (QED) is 0.864. The van der Waals surface area contributed by atoms with Gasteiger partial charge in [0.25, 0.3) is 0 Å². The van der Waals surface area contributed by atoms with E-state index in [-0.39, 0.29) is 0 Å². The van der Waals surface area contributed by atoms with Crippen LogP contribution in [0.2, 0.25) is 0 Å². The summed E-state index contributed by atoms with van der Waals surface area (Å²) in [5, 5.41) is 3.68. The van der Waals surface area contributed by atoms with Crippen molar-refractivity contribution in [2.45, 2.75) is 39.3 Å². The lowest BCUT2D eigenvalue weighted by molar-refractivity contribution is 0.0934. The van der Waals surface area contributed by atoms with Crippen LogP contribution in [0, 0.1) is 5.92 Å². The molecule has 1 aliphatic heterocycles. The lowest BCUT2D eigenvalue weighted by Crippen LogP contribution is -2.58. The highest BCUT2D eigenvalue weighted by atomic mass is 16.5.